The summed E-state index contributed by atoms with van der Waals surface area (Å²) >= 11 is 5.46. The van der Waals surface area contributed by atoms with Gasteiger partial charge in [0.2, 0.25) is 10.0 Å². The van der Waals surface area contributed by atoms with Crippen molar-refractivity contribution >= 4 is 21.6 Å². The lowest BCUT2D eigenvalue weighted by molar-refractivity contribution is 0.575. The van der Waals surface area contributed by atoms with Gasteiger partial charge in [0.1, 0.15) is 0 Å². The third-order valence-corrected chi connectivity index (χ3v) is 3.99. The molecular formula is C8H16ClNO2S. The van der Waals surface area contributed by atoms with Gasteiger partial charge in [-0.2, -0.15) is 0 Å². The van der Waals surface area contributed by atoms with Crippen LogP contribution < -0.4 is 4.72 Å². The largest absolute Gasteiger partial charge is 0.212 e. The standard InChI is InChI=1S/C8H16ClNO2S/c1-7-6-8(7)10-13(11,12)5-3-2-4-9/h7-8,10H,2-6H2,1H3. The Morgan fingerprint density at radius 1 is 1.46 bits per heavy atom. The van der Waals surface area contributed by atoms with Crippen molar-refractivity contribution < 1.29 is 8.42 Å². The van der Waals surface area contributed by atoms with Gasteiger partial charge in [-0.15, -0.1) is 11.6 Å². The van der Waals surface area contributed by atoms with E-state index in [1.165, 1.54) is 0 Å². The zero-order valence-corrected chi connectivity index (χ0v) is 9.37. The quantitative estimate of drug-likeness (QED) is 0.548. The summed E-state index contributed by atoms with van der Waals surface area (Å²) in [6, 6.07) is 0.195. The molecule has 0 spiro atoms. The van der Waals surface area contributed by atoms with Crippen molar-refractivity contribution in [2.45, 2.75) is 32.2 Å². The van der Waals surface area contributed by atoms with E-state index < -0.39 is 10.0 Å². The van der Waals surface area contributed by atoms with E-state index >= 15 is 0 Å². The summed E-state index contributed by atoms with van der Waals surface area (Å²) < 4.78 is 25.4. The molecule has 13 heavy (non-hydrogen) atoms. The summed E-state index contributed by atoms with van der Waals surface area (Å²) in [5, 5.41) is 0. The van der Waals surface area contributed by atoms with Crippen molar-refractivity contribution in [2.75, 3.05) is 11.6 Å². The lowest BCUT2D eigenvalue weighted by atomic mass is 10.4. The van der Waals surface area contributed by atoms with Gasteiger partial charge in [0.15, 0.2) is 0 Å². The molecule has 0 aromatic rings. The molecule has 0 radical (unpaired) electrons. The van der Waals surface area contributed by atoms with Gasteiger partial charge in [0.25, 0.3) is 0 Å². The average Bonchev–Trinajstić information content (AvgIpc) is 2.65. The maximum absolute atomic E-state index is 11.3. The molecule has 1 aliphatic carbocycles. The van der Waals surface area contributed by atoms with E-state index in [9.17, 15) is 8.42 Å². The van der Waals surface area contributed by atoms with Crippen LogP contribution in [-0.4, -0.2) is 26.1 Å². The highest BCUT2D eigenvalue weighted by molar-refractivity contribution is 7.89. The van der Waals surface area contributed by atoms with E-state index in [2.05, 4.69) is 4.72 Å². The highest BCUT2D eigenvalue weighted by Gasteiger charge is 2.35. The van der Waals surface area contributed by atoms with E-state index in [1.807, 2.05) is 6.92 Å². The Kier molecular flexibility index (Phi) is 4.01. The SMILES string of the molecule is CC1CC1NS(=O)(=O)CCCCCl. The summed E-state index contributed by atoms with van der Waals surface area (Å²) in [7, 11) is -3.03. The number of unbranched alkanes of at least 4 members (excludes halogenated alkanes) is 1. The first kappa shape index (κ1) is 11.3. The Bertz CT molecular complexity index is 253. The minimum Gasteiger partial charge on any atom is -0.212 e. The van der Waals surface area contributed by atoms with Crippen LogP contribution in [0.4, 0.5) is 0 Å². The predicted molar refractivity (Wildman–Crippen MR) is 54.4 cm³/mol. The van der Waals surface area contributed by atoms with Crippen LogP contribution in [0.1, 0.15) is 26.2 Å². The zero-order chi connectivity index (χ0) is 9.90. The molecule has 0 aliphatic heterocycles. The van der Waals surface area contributed by atoms with Gasteiger partial charge in [-0.25, -0.2) is 13.1 Å². The molecule has 1 fully saturated rings. The molecule has 1 N–H and O–H groups in total. The van der Waals surface area contributed by atoms with Crippen molar-refractivity contribution in [1.29, 1.82) is 0 Å². The normalized spacial score (nSPS) is 27.5. The molecule has 78 valence electrons. The summed E-state index contributed by atoms with van der Waals surface area (Å²) in [6.45, 7) is 2.05. The number of nitrogens with one attached hydrogen (secondary N) is 1. The van der Waals surface area contributed by atoms with E-state index in [0.717, 1.165) is 12.8 Å². The molecule has 1 saturated carbocycles. The van der Waals surface area contributed by atoms with E-state index in [4.69, 9.17) is 11.6 Å². The minimum atomic E-state index is -3.03. The maximum Gasteiger partial charge on any atom is 0.211 e. The van der Waals surface area contributed by atoms with Crippen LogP contribution in [0.2, 0.25) is 0 Å². The van der Waals surface area contributed by atoms with Gasteiger partial charge >= 0.3 is 0 Å². The topological polar surface area (TPSA) is 46.2 Å². The fraction of sp³-hybridized carbons (Fsp3) is 1.00. The summed E-state index contributed by atoms with van der Waals surface area (Å²) in [6.07, 6.45) is 2.40. The number of alkyl halides is 1. The summed E-state index contributed by atoms with van der Waals surface area (Å²) in [5.41, 5.74) is 0. The molecule has 0 aromatic carbocycles. The first-order valence-corrected chi connectivity index (χ1v) is 6.80. The fourth-order valence-electron chi connectivity index (χ4n) is 1.16. The lowest BCUT2D eigenvalue weighted by Crippen LogP contribution is -2.29. The Hall–Kier alpha value is 0.200. The van der Waals surface area contributed by atoms with Crippen molar-refractivity contribution in [3.8, 4) is 0 Å². The molecule has 0 bridgehead atoms. The Labute approximate surface area is 84.9 Å². The smallest absolute Gasteiger partial charge is 0.211 e. The third-order valence-electron chi connectivity index (χ3n) is 2.24. The Morgan fingerprint density at radius 2 is 2.08 bits per heavy atom. The Morgan fingerprint density at radius 3 is 2.54 bits per heavy atom. The molecule has 0 amide bonds. The van der Waals surface area contributed by atoms with Gasteiger partial charge < -0.3 is 0 Å². The minimum absolute atomic E-state index is 0.195. The van der Waals surface area contributed by atoms with Crippen molar-refractivity contribution in [2.24, 2.45) is 5.92 Å². The predicted octanol–water partition coefficient (Wildman–Crippen LogP) is 1.33. The second-order valence-corrected chi connectivity index (χ2v) is 5.90. The molecule has 0 saturated heterocycles. The van der Waals surface area contributed by atoms with E-state index in [0.29, 0.717) is 18.2 Å². The van der Waals surface area contributed by atoms with Crippen LogP contribution in [0.25, 0.3) is 0 Å². The van der Waals surface area contributed by atoms with E-state index in [1.54, 1.807) is 0 Å². The lowest BCUT2D eigenvalue weighted by Gasteiger charge is -2.04. The van der Waals surface area contributed by atoms with Gasteiger partial charge in [0.05, 0.1) is 5.75 Å². The van der Waals surface area contributed by atoms with Crippen molar-refractivity contribution in [3.63, 3.8) is 0 Å². The number of hydrogen-bond acceptors (Lipinski definition) is 2. The van der Waals surface area contributed by atoms with Crippen LogP contribution >= 0.6 is 11.6 Å². The molecule has 5 heteroatoms. The van der Waals surface area contributed by atoms with Crippen molar-refractivity contribution in [1.82, 2.24) is 4.72 Å². The molecule has 3 nitrogen and oxygen atoms in total. The van der Waals surface area contributed by atoms with Gasteiger partial charge in [-0.1, -0.05) is 6.92 Å². The number of sulfonamides is 1. The van der Waals surface area contributed by atoms with E-state index in [-0.39, 0.29) is 11.8 Å². The molecular weight excluding hydrogens is 210 g/mol. The fourth-order valence-corrected chi connectivity index (χ4v) is 2.84. The molecule has 0 heterocycles. The third kappa shape index (κ3) is 4.29. The van der Waals surface area contributed by atoms with Crippen LogP contribution in [0.15, 0.2) is 0 Å². The second-order valence-electron chi connectivity index (χ2n) is 3.65. The number of halogens is 1. The molecule has 1 aliphatic rings. The molecule has 2 atom stereocenters. The Balaban J connectivity index is 2.21. The van der Waals surface area contributed by atoms with Gasteiger partial charge in [-0.05, 0) is 25.2 Å². The molecule has 1 rings (SSSR count). The van der Waals surface area contributed by atoms with Crippen LogP contribution in [0.5, 0.6) is 0 Å². The molecule has 0 aromatic heterocycles. The first-order valence-electron chi connectivity index (χ1n) is 4.61. The summed E-state index contributed by atoms with van der Waals surface area (Å²) in [5.74, 6) is 1.26. The highest BCUT2D eigenvalue weighted by Crippen LogP contribution is 2.29. The second kappa shape index (κ2) is 4.62. The number of hydrogen-bond donors (Lipinski definition) is 1. The maximum atomic E-state index is 11.3. The number of rotatable bonds is 6. The van der Waals surface area contributed by atoms with Crippen LogP contribution in [-0.2, 0) is 10.0 Å². The van der Waals surface area contributed by atoms with Crippen LogP contribution in [0, 0.1) is 5.92 Å². The first-order chi connectivity index (χ1) is 6.05. The highest BCUT2D eigenvalue weighted by atomic mass is 35.5. The monoisotopic (exact) mass is 225 g/mol. The average molecular weight is 226 g/mol. The van der Waals surface area contributed by atoms with Crippen molar-refractivity contribution in [3.05, 3.63) is 0 Å². The van der Waals surface area contributed by atoms with Gasteiger partial charge in [-0.3, -0.25) is 0 Å². The zero-order valence-electron chi connectivity index (χ0n) is 7.79. The van der Waals surface area contributed by atoms with Gasteiger partial charge in [0, 0.05) is 11.9 Å². The summed E-state index contributed by atoms with van der Waals surface area (Å²) in [4.78, 5) is 0. The molecule has 2 unspecified atom stereocenters. The van der Waals surface area contributed by atoms with Crippen LogP contribution in [0.3, 0.4) is 0 Å².